The molecule has 0 bridgehead atoms. The van der Waals surface area contributed by atoms with Crippen molar-refractivity contribution in [3.63, 3.8) is 0 Å². The first kappa shape index (κ1) is 16.1. The van der Waals surface area contributed by atoms with Gasteiger partial charge in [0.05, 0.1) is 0 Å². The van der Waals surface area contributed by atoms with Crippen molar-refractivity contribution >= 4 is 5.91 Å². The molecule has 0 aliphatic heterocycles. The molecule has 1 aliphatic carbocycles. The van der Waals surface area contributed by atoms with E-state index >= 15 is 0 Å². The second-order valence-electron chi connectivity index (χ2n) is 5.81. The van der Waals surface area contributed by atoms with E-state index in [9.17, 15) is 4.79 Å². The zero-order valence-electron chi connectivity index (χ0n) is 12.4. The molecule has 1 amide bonds. The number of carbonyl (C=O) groups excluding carboxylic acids is 1. The fraction of sp³-hybridized carbons (Fsp3) is 0.824. The van der Waals surface area contributed by atoms with Gasteiger partial charge in [0.15, 0.2) is 0 Å². The molecule has 19 heavy (non-hydrogen) atoms. The van der Waals surface area contributed by atoms with Gasteiger partial charge < -0.3 is 5.32 Å². The molecule has 2 heteroatoms. The van der Waals surface area contributed by atoms with Crippen LogP contribution in [0.3, 0.4) is 0 Å². The lowest BCUT2D eigenvalue weighted by molar-refractivity contribution is -0.126. The molecule has 2 nitrogen and oxygen atoms in total. The van der Waals surface area contributed by atoms with Crippen LogP contribution in [0.4, 0.5) is 0 Å². The van der Waals surface area contributed by atoms with Gasteiger partial charge >= 0.3 is 0 Å². The maximum atomic E-state index is 12.0. The summed E-state index contributed by atoms with van der Waals surface area (Å²) >= 11 is 0. The largest absolute Gasteiger partial charge is 0.356 e. The monoisotopic (exact) mass is 263 g/mol. The van der Waals surface area contributed by atoms with Crippen molar-refractivity contribution < 1.29 is 4.79 Å². The second-order valence-corrected chi connectivity index (χ2v) is 5.81. The summed E-state index contributed by atoms with van der Waals surface area (Å²) in [6.45, 7) is 3.04. The van der Waals surface area contributed by atoms with Gasteiger partial charge in [-0.05, 0) is 44.4 Å². The lowest BCUT2D eigenvalue weighted by Crippen LogP contribution is -2.33. The van der Waals surface area contributed by atoms with Gasteiger partial charge in [-0.2, -0.15) is 0 Å². The van der Waals surface area contributed by atoms with Crippen LogP contribution in [0.1, 0.15) is 71.1 Å². The Bertz CT molecular complexity index is 284. The van der Waals surface area contributed by atoms with E-state index in [-0.39, 0.29) is 11.8 Å². The van der Waals surface area contributed by atoms with Gasteiger partial charge in [-0.15, -0.1) is 12.3 Å². The van der Waals surface area contributed by atoms with Crippen molar-refractivity contribution in [2.75, 3.05) is 6.54 Å². The first-order valence-corrected chi connectivity index (χ1v) is 7.99. The van der Waals surface area contributed by atoms with Crippen LogP contribution in [0.15, 0.2) is 0 Å². The highest BCUT2D eigenvalue weighted by Gasteiger charge is 2.25. The van der Waals surface area contributed by atoms with Crippen LogP contribution in [-0.2, 0) is 4.79 Å². The average Bonchev–Trinajstić information content (AvgIpc) is 2.45. The van der Waals surface area contributed by atoms with Gasteiger partial charge in [0.2, 0.25) is 5.91 Å². The SMILES string of the molecule is C#CCCCCNC(=O)C1CCC(CCCC)CC1. The lowest BCUT2D eigenvalue weighted by Gasteiger charge is -2.27. The zero-order chi connectivity index (χ0) is 13.9. The number of terminal acetylenes is 1. The van der Waals surface area contributed by atoms with Crippen molar-refractivity contribution in [2.24, 2.45) is 11.8 Å². The third kappa shape index (κ3) is 6.66. The summed E-state index contributed by atoms with van der Waals surface area (Å²) in [5, 5.41) is 3.06. The van der Waals surface area contributed by atoms with Crippen LogP contribution < -0.4 is 5.32 Å². The van der Waals surface area contributed by atoms with Crippen LogP contribution in [-0.4, -0.2) is 12.5 Å². The second kappa shape index (κ2) is 9.89. The van der Waals surface area contributed by atoms with Crippen LogP contribution in [0.2, 0.25) is 0 Å². The number of hydrogen-bond acceptors (Lipinski definition) is 1. The van der Waals surface area contributed by atoms with Crippen molar-refractivity contribution in [3.05, 3.63) is 0 Å². The molecule has 1 aliphatic rings. The summed E-state index contributed by atoms with van der Waals surface area (Å²) < 4.78 is 0. The van der Waals surface area contributed by atoms with E-state index < -0.39 is 0 Å². The molecule has 1 rings (SSSR count). The highest BCUT2D eigenvalue weighted by Crippen LogP contribution is 2.31. The first-order valence-electron chi connectivity index (χ1n) is 7.99. The number of rotatable bonds is 8. The molecule has 0 spiro atoms. The lowest BCUT2D eigenvalue weighted by atomic mass is 9.79. The predicted octanol–water partition coefficient (Wildman–Crippen LogP) is 3.90. The maximum Gasteiger partial charge on any atom is 0.223 e. The number of unbranched alkanes of at least 4 members (excludes halogenated alkanes) is 3. The van der Waals surface area contributed by atoms with Gasteiger partial charge in [-0.25, -0.2) is 0 Å². The summed E-state index contributed by atoms with van der Waals surface area (Å²) in [5.41, 5.74) is 0. The molecule has 0 radical (unpaired) electrons. The molecule has 0 unspecified atom stereocenters. The molecule has 0 aromatic heterocycles. The Morgan fingerprint density at radius 3 is 2.58 bits per heavy atom. The molecular formula is C17H29NO. The minimum Gasteiger partial charge on any atom is -0.356 e. The quantitative estimate of drug-likeness (QED) is 0.522. The van der Waals surface area contributed by atoms with E-state index in [1.807, 2.05) is 0 Å². The minimum atomic E-state index is 0.269. The molecule has 1 N–H and O–H groups in total. The Morgan fingerprint density at radius 1 is 1.21 bits per heavy atom. The summed E-state index contributed by atoms with van der Waals surface area (Å²) in [6, 6.07) is 0. The Balaban J connectivity index is 2.09. The van der Waals surface area contributed by atoms with Gasteiger partial charge in [-0.3, -0.25) is 4.79 Å². The summed E-state index contributed by atoms with van der Waals surface area (Å²) in [4.78, 5) is 12.0. The molecule has 108 valence electrons. The van der Waals surface area contributed by atoms with Crippen LogP contribution in [0.25, 0.3) is 0 Å². The number of amides is 1. The molecule has 0 aromatic carbocycles. The van der Waals surface area contributed by atoms with Crippen molar-refractivity contribution in [1.82, 2.24) is 5.32 Å². The number of nitrogens with one attached hydrogen (secondary N) is 1. The molecule has 1 fully saturated rings. The maximum absolute atomic E-state index is 12.0. The smallest absolute Gasteiger partial charge is 0.223 e. The third-order valence-electron chi connectivity index (χ3n) is 4.23. The van der Waals surface area contributed by atoms with Gasteiger partial charge in [0.25, 0.3) is 0 Å². The average molecular weight is 263 g/mol. The molecule has 0 aromatic rings. The third-order valence-corrected chi connectivity index (χ3v) is 4.23. The van der Waals surface area contributed by atoms with Crippen LogP contribution >= 0.6 is 0 Å². The fourth-order valence-corrected chi connectivity index (χ4v) is 2.91. The van der Waals surface area contributed by atoms with E-state index in [4.69, 9.17) is 6.42 Å². The molecule has 0 atom stereocenters. The number of hydrogen-bond donors (Lipinski definition) is 1. The topological polar surface area (TPSA) is 29.1 Å². The Labute approximate surface area is 118 Å². The zero-order valence-corrected chi connectivity index (χ0v) is 12.4. The highest BCUT2D eigenvalue weighted by atomic mass is 16.1. The number of carbonyl (C=O) groups is 1. The minimum absolute atomic E-state index is 0.269. The first-order chi connectivity index (χ1) is 9.27. The van der Waals surface area contributed by atoms with Crippen molar-refractivity contribution in [1.29, 1.82) is 0 Å². The van der Waals surface area contributed by atoms with E-state index in [2.05, 4.69) is 18.2 Å². The Morgan fingerprint density at radius 2 is 1.95 bits per heavy atom. The highest BCUT2D eigenvalue weighted by molar-refractivity contribution is 5.78. The molecule has 1 saturated carbocycles. The summed E-state index contributed by atoms with van der Waals surface area (Å²) in [5.74, 6) is 4.04. The Hall–Kier alpha value is -0.970. The summed E-state index contributed by atoms with van der Waals surface area (Å²) in [7, 11) is 0. The predicted molar refractivity (Wildman–Crippen MR) is 80.7 cm³/mol. The van der Waals surface area contributed by atoms with Gasteiger partial charge in [0, 0.05) is 18.9 Å². The molecule has 0 heterocycles. The molecular weight excluding hydrogens is 234 g/mol. The molecule has 0 saturated heterocycles. The van der Waals surface area contributed by atoms with Crippen molar-refractivity contribution in [3.8, 4) is 12.3 Å². The fourth-order valence-electron chi connectivity index (χ4n) is 2.91. The van der Waals surface area contributed by atoms with E-state index in [0.717, 1.165) is 44.6 Å². The van der Waals surface area contributed by atoms with Crippen LogP contribution in [0.5, 0.6) is 0 Å². The normalized spacial score (nSPS) is 22.7. The van der Waals surface area contributed by atoms with E-state index in [1.165, 1.54) is 32.1 Å². The van der Waals surface area contributed by atoms with E-state index in [1.54, 1.807) is 0 Å². The van der Waals surface area contributed by atoms with E-state index in [0.29, 0.717) is 0 Å². The van der Waals surface area contributed by atoms with Gasteiger partial charge in [0.1, 0.15) is 0 Å². The van der Waals surface area contributed by atoms with Gasteiger partial charge in [-0.1, -0.05) is 26.2 Å². The summed E-state index contributed by atoms with van der Waals surface area (Å²) in [6.07, 6.45) is 16.7. The standard InChI is InChI=1S/C17H29NO/c1-3-5-7-8-14-18-17(19)16-12-10-15(11-13-16)9-6-4-2/h1,15-16H,4-14H2,2H3,(H,18,19). The van der Waals surface area contributed by atoms with Crippen molar-refractivity contribution in [2.45, 2.75) is 71.1 Å². The van der Waals surface area contributed by atoms with Crippen LogP contribution in [0, 0.1) is 24.2 Å². The Kier molecular flexibility index (Phi) is 8.38.